The van der Waals surface area contributed by atoms with Gasteiger partial charge in [0.2, 0.25) is 0 Å². The van der Waals surface area contributed by atoms with Crippen molar-refractivity contribution >= 4 is 12.0 Å². The van der Waals surface area contributed by atoms with Crippen molar-refractivity contribution in [1.82, 2.24) is 9.80 Å². The Balaban J connectivity index is 2.22. The first-order valence-corrected chi connectivity index (χ1v) is 8.23. The van der Waals surface area contributed by atoms with Crippen LogP contribution >= 0.6 is 0 Å². The van der Waals surface area contributed by atoms with Crippen LogP contribution in [0.5, 0.6) is 0 Å². The SMILES string of the molecule is [2H]C([2H])([2H])N(C(=O)c1cc(F)c(C2CCN(C(=O)OC(C)(C)C)CC2)c(F)c1)C([2H])([2H])[2H]. The first-order chi connectivity index (χ1) is 14.4. The zero-order chi connectivity index (χ0) is 24.6. The summed E-state index contributed by atoms with van der Waals surface area (Å²) in [4.78, 5) is 25.7. The standard InChI is InChI=1S/C19H26F2N2O3/c1-19(2,3)26-18(25)23-8-6-12(7-9-23)16-14(20)10-13(11-15(16)21)17(24)22(4)5/h10-12H,6-9H2,1-5H3/i4D3,5D3. The number of likely N-dealkylation sites (tertiary alicyclic amines) is 1. The lowest BCUT2D eigenvalue weighted by Gasteiger charge is -2.33. The predicted octanol–water partition coefficient (Wildman–Crippen LogP) is 3.78. The number of halogens is 2. The van der Waals surface area contributed by atoms with Crippen LogP contribution in [0.4, 0.5) is 13.6 Å². The molecule has 2 rings (SSSR count). The number of hydrogen-bond acceptors (Lipinski definition) is 3. The van der Waals surface area contributed by atoms with E-state index < -0.39 is 54.7 Å². The zero-order valence-corrected chi connectivity index (χ0v) is 14.9. The van der Waals surface area contributed by atoms with Gasteiger partial charge in [-0.25, -0.2) is 13.6 Å². The van der Waals surface area contributed by atoms with E-state index in [1.165, 1.54) is 4.90 Å². The van der Waals surface area contributed by atoms with E-state index in [-0.39, 0.29) is 36.4 Å². The van der Waals surface area contributed by atoms with Crippen molar-refractivity contribution in [3.8, 4) is 0 Å². The summed E-state index contributed by atoms with van der Waals surface area (Å²) in [5, 5.41) is 0. The van der Waals surface area contributed by atoms with E-state index in [1.807, 2.05) is 0 Å². The summed E-state index contributed by atoms with van der Waals surface area (Å²) in [6.07, 6.45) is -0.0269. The molecular formula is C19H26F2N2O3. The van der Waals surface area contributed by atoms with E-state index >= 15 is 0 Å². The average molecular weight is 374 g/mol. The Labute approximate surface area is 161 Å². The van der Waals surface area contributed by atoms with Gasteiger partial charge >= 0.3 is 6.09 Å². The average Bonchev–Trinajstić information content (AvgIpc) is 2.57. The van der Waals surface area contributed by atoms with Crippen LogP contribution in [0.25, 0.3) is 0 Å². The Morgan fingerprint density at radius 2 is 1.73 bits per heavy atom. The summed E-state index contributed by atoms with van der Waals surface area (Å²) in [6.45, 7) is -1.05. The second kappa shape index (κ2) is 7.60. The summed E-state index contributed by atoms with van der Waals surface area (Å²) < 4.78 is 78.6. The van der Waals surface area contributed by atoms with Gasteiger partial charge in [0.05, 0.1) is 0 Å². The van der Waals surface area contributed by atoms with Gasteiger partial charge in [-0.15, -0.1) is 0 Å². The van der Waals surface area contributed by atoms with Gasteiger partial charge in [-0.3, -0.25) is 4.79 Å². The molecule has 0 aliphatic carbocycles. The Morgan fingerprint density at radius 3 is 2.19 bits per heavy atom. The second-order valence-corrected chi connectivity index (χ2v) is 7.24. The highest BCUT2D eigenvalue weighted by Gasteiger charge is 2.30. The van der Waals surface area contributed by atoms with Crippen molar-refractivity contribution in [3.05, 3.63) is 34.9 Å². The maximum absolute atomic E-state index is 14.8. The maximum Gasteiger partial charge on any atom is 0.410 e. The molecule has 1 fully saturated rings. The monoisotopic (exact) mass is 374 g/mol. The normalized spacial score (nSPS) is 20.1. The number of piperidine rings is 1. The van der Waals surface area contributed by atoms with Crippen molar-refractivity contribution in [2.24, 2.45) is 0 Å². The van der Waals surface area contributed by atoms with Crippen molar-refractivity contribution in [3.63, 3.8) is 0 Å². The number of nitrogens with zero attached hydrogens (tertiary/aromatic N) is 2. The Hall–Kier alpha value is -2.18. The molecule has 0 bridgehead atoms. The van der Waals surface area contributed by atoms with E-state index in [9.17, 15) is 18.4 Å². The number of carbonyl (C=O) groups excluding carboxylic acids is 2. The van der Waals surface area contributed by atoms with E-state index in [4.69, 9.17) is 13.0 Å². The van der Waals surface area contributed by atoms with Gasteiger partial charge in [0, 0.05) is 46.4 Å². The molecular weight excluding hydrogens is 342 g/mol. The smallest absolute Gasteiger partial charge is 0.410 e. The Bertz CT molecular complexity index is 838. The van der Waals surface area contributed by atoms with Crippen molar-refractivity contribution in [2.45, 2.75) is 45.1 Å². The number of hydrogen-bond donors (Lipinski definition) is 0. The van der Waals surface area contributed by atoms with Crippen LogP contribution in [0.1, 0.15) is 63.7 Å². The fraction of sp³-hybridized carbons (Fsp3) is 0.579. The number of ether oxygens (including phenoxy) is 1. The number of carbonyl (C=O) groups is 2. The van der Waals surface area contributed by atoms with E-state index in [0.29, 0.717) is 12.1 Å². The minimum absolute atomic E-state index is 0.213. The zero-order valence-electron chi connectivity index (χ0n) is 20.9. The Morgan fingerprint density at radius 1 is 1.19 bits per heavy atom. The van der Waals surface area contributed by atoms with Gasteiger partial charge in [0.25, 0.3) is 5.91 Å². The fourth-order valence-corrected chi connectivity index (χ4v) is 2.90. The number of rotatable bonds is 2. The summed E-state index contributed by atoms with van der Waals surface area (Å²) in [6, 6.07) is 1.29. The molecule has 26 heavy (non-hydrogen) atoms. The largest absolute Gasteiger partial charge is 0.444 e. The molecule has 1 aromatic carbocycles. The highest BCUT2D eigenvalue weighted by atomic mass is 19.1. The van der Waals surface area contributed by atoms with Gasteiger partial charge in [0.15, 0.2) is 0 Å². The maximum atomic E-state index is 14.8. The van der Waals surface area contributed by atoms with Crippen molar-refractivity contribution in [1.29, 1.82) is 0 Å². The lowest BCUT2D eigenvalue weighted by molar-refractivity contribution is 0.0203. The van der Waals surface area contributed by atoms with Crippen molar-refractivity contribution < 1.29 is 31.3 Å². The molecule has 1 saturated heterocycles. The molecule has 1 aliphatic heterocycles. The molecule has 1 aliphatic rings. The minimum atomic E-state index is -3.33. The highest BCUT2D eigenvalue weighted by molar-refractivity contribution is 5.94. The van der Waals surface area contributed by atoms with Crippen LogP contribution in [0.2, 0.25) is 0 Å². The summed E-state index contributed by atoms with van der Waals surface area (Å²) in [5.41, 5.74) is -1.69. The topological polar surface area (TPSA) is 49.9 Å². The first kappa shape index (κ1) is 13.1. The van der Waals surface area contributed by atoms with Gasteiger partial charge in [-0.05, 0) is 51.7 Å². The molecule has 0 saturated carbocycles. The van der Waals surface area contributed by atoms with E-state index in [2.05, 4.69) is 0 Å². The summed E-state index contributed by atoms with van der Waals surface area (Å²) in [7, 11) is 0. The lowest BCUT2D eigenvalue weighted by Crippen LogP contribution is -2.41. The number of amides is 2. The third-order valence-electron chi connectivity index (χ3n) is 4.08. The molecule has 0 unspecified atom stereocenters. The van der Waals surface area contributed by atoms with E-state index in [1.54, 1.807) is 20.8 Å². The van der Waals surface area contributed by atoms with Gasteiger partial charge < -0.3 is 14.5 Å². The molecule has 7 heteroatoms. The van der Waals surface area contributed by atoms with Crippen LogP contribution < -0.4 is 0 Å². The molecule has 2 amide bonds. The van der Waals surface area contributed by atoms with Crippen LogP contribution in [-0.2, 0) is 4.74 Å². The van der Waals surface area contributed by atoms with Gasteiger partial charge in [0.1, 0.15) is 17.2 Å². The van der Waals surface area contributed by atoms with Crippen LogP contribution in [0, 0.1) is 11.6 Å². The predicted molar refractivity (Wildman–Crippen MR) is 94.2 cm³/mol. The summed E-state index contributed by atoms with van der Waals surface area (Å²) in [5.74, 6) is -4.28. The quantitative estimate of drug-likeness (QED) is 0.792. The molecule has 0 N–H and O–H groups in total. The minimum Gasteiger partial charge on any atom is -0.444 e. The Kier molecular flexibility index (Phi) is 3.82. The number of benzene rings is 1. The molecule has 144 valence electrons. The third kappa shape index (κ3) is 4.71. The molecule has 0 radical (unpaired) electrons. The van der Waals surface area contributed by atoms with Crippen LogP contribution in [-0.4, -0.2) is 54.4 Å². The van der Waals surface area contributed by atoms with Crippen LogP contribution in [0.15, 0.2) is 12.1 Å². The molecule has 0 spiro atoms. The van der Waals surface area contributed by atoms with Crippen molar-refractivity contribution in [2.75, 3.05) is 27.0 Å². The molecule has 0 aromatic heterocycles. The lowest BCUT2D eigenvalue weighted by atomic mass is 9.88. The third-order valence-corrected chi connectivity index (χ3v) is 4.08. The molecule has 5 nitrogen and oxygen atoms in total. The molecule has 0 atom stereocenters. The molecule has 1 heterocycles. The first-order valence-electron chi connectivity index (χ1n) is 11.2. The highest BCUT2D eigenvalue weighted by Crippen LogP contribution is 2.33. The van der Waals surface area contributed by atoms with Gasteiger partial charge in [-0.2, -0.15) is 0 Å². The summed E-state index contributed by atoms with van der Waals surface area (Å²) >= 11 is 0. The molecule has 1 aromatic rings. The van der Waals surface area contributed by atoms with Gasteiger partial charge in [-0.1, -0.05) is 0 Å². The van der Waals surface area contributed by atoms with E-state index in [0.717, 1.165) is 0 Å². The second-order valence-electron chi connectivity index (χ2n) is 7.24. The van der Waals surface area contributed by atoms with Crippen LogP contribution in [0.3, 0.4) is 0 Å². The fourth-order valence-electron chi connectivity index (χ4n) is 2.90.